The minimum absolute atomic E-state index is 0.668. The number of hydrogen-bond acceptors (Lipinski definition) is 4. The van der Waals surface area contributed by atoms with Gasteiger partial charge in [0, 0.05) is 12.7 Å². The van der Waals surface area contributed by atoms with E-state index in [4.69, 9.17) is 9.47 Å². The number of H-pyrrole nitrogens is 1. The van der Waals surface area contributed by atoms with Crippen LogP contribution in [-0.4, -0.2) is 23.9 Å². The molecular weight excluding hydrogens is 322 g/mol. The van der Waals surface area contributed by atoms with Crippen molar-refractivity contribution in [1.82, 2.24) is 10.2 Å². The molecule has 108 valence electrons. The fourth-order valence-corrected chi connectivity index (χ4v) is 2.38. The van der Waals surface area contributed by atoms with Crippen LogP contribution >= 0.6 is 15.9 Å². The third-order valence-electron chi connectivity index (χ3n) is 2.73. The molecule has 1 heterocycles. The lowest BCUT2D eigenvalue weighted by atomic mass is 10.2. The van der Waals surface area contributed by atoms with E-state index >= 15 is 0 Å². The van der Waals surface area contributed by atoms with Crippen molar-refractivity contribution in [3.05, 3.63) is 34.6 Å². The number of rotatable bonds is 7. The molecule has 20 heavy (non-hydrogen) atoms. The smallest absolute Gasteiger partial charge is 0.175 e. The largest absolute Gasteiger partial charge is 0.493 e. The number of ether oxygens (including phenoxy) is 2. The summed E-state index contributed by atoms with van der Waals surface area (Å²) in [6.07, 6.45) is 4.51. The molecule has 2 aromatic rings. The van der Waals surface area contributed by atoms with Crippen LogP contribution in [0.2, 0.25) is 0 Å². The van der Waals surface area contributed by atoms with Gasteiger partial charge < -0.3 is 14.8 Å². The lowest BCUT2D eigenvalue weighted by Crippen LogP contribution is -2.02. The molecule has 0 aliphatic rings. The third-order valence-corrected chi connectivity index (χ3v) is 3.32. The van der Waals surface area contributed by atoms with E-state index in [-0.39, 0.29) is 0 Å². The van der Waals surface area contributed by atoms with Crippen LogP contribution in [0.1, 0.15) is 18.9 Å². The maximum absolute atomic E-state index is 5.71. The molecule has 0 radical (unpaired) electrons. The Kier molecular flexibility index (Phi) is 5.29. The first kappa shape index (κ1) is 14.7. The summed E-state index contributed by atoms with van der Waals surface area (Å²) in [6, 6.07) is 4.00. The van der Waals surface area contributed by atoms with Gasteiger partial charge in [-0.15, -0.1) is 0 Å². The second-order valence-electron chi connectivity index (χ2n) is 4.30. The van der Waals surface area contributed by atoms with Crippen molar-refractivity contribution in [2.24, 2.45) is 0 Å². The summed E-state index contributed by atoms with van der Waals surface area (Å²) in [5.41, 5.74) is 2.05. The maximum atomic E-state index is 5.71. The molecular formula is C14H18BrN3O2. The minimum Gasteiger partial charge on any atom is -0.493 e. The molecule has 1 aromatic heterocycles. The number of aromatic nitrogens is 2. The highest BCUT2D eigenvalue weighted by molar-refractivity contribution is 9.10. The van der Waals surface area contributed by atoms with Crippen molar-refractivity contribution < 1.29 is 9.47 Å². The number of methoxy groups -OCH3 is 1. The molecule has 0 fully saturated rings. The van der Waals surface area contributed by atoms with E-state index < -0.39 is 0 Å². The predicted molar refractivity (Wildman–Crippen MR) is 82.4 cm³/mol. The Morgan fingerprint density at radius 1 is 1.40 bits per heavy atom. The highest BCUT2D eigenvalue weighted by Gasteiger charge is 2.11. The molecule has 1 aromatic carbocycles. The van der Waals surface area contributed by atoms with Gasteiger partial charge in [0.15, 0.2) is 11.5 Å². The molecule has 6 heteroatoms. The molecule has 0 atom stereocenters. The highest BCUT2D eigenvalue weighted by Crippen LogP contribution is 2.36. The Bertz CT molecular complexity index is 544. The number of halogens is 1. The van der Waals surface area contributed by atoms with Gasteiger partial charge in [0.25, 0.3) is 0 Å². The van der Waals surface area contributed by atoms with Crippen LogP contribution in [0.4, 0.5) is 5.69 Å². The Morgan fingerprint density at radius 2 is 2.25 bits per heavy atom. The van der Waals surface area contributed by atoms with E-state index in [0.717, 1.165) is 33.6 Å². The van der Waals surface area contributed by atoms with Crippen molar-refractivity contribution >= 4 is 21.6 Å². The van der Waals surface area contributed by atoms with Crippen molar-refractivity contribution in [1.29, 1.82) is 0 Å². The first-order valence-electron chi connectivity index (χ1n) is 6.46. The van der Waals surface area contributed by atoms with Gasteiger partial charge in [-0.25, -0.2) is 0 Å². The van der Waals surface area contributed by atoms with Crippen LogP contribution in [0.25, 0.3) is 0 Å². The summed E-state index contributed by atoms with van der Waals surface area (Å²) < 4.78 is 12.0. The molecule has 0 bridgehead atoms. The highest BCUT2D eigenvalue weighted by atomic mass is 79.9. The molecule has 2 N–H and O–H groups in total. The summed E-state index contributed by atoms with van der Waals surface area (Å²) in [4.78, 5) is 0. The Balaban J connectivity index is 2.12. The topological polar surface area (TPSA) is 59.2 Å². The van der Waals surface area contributed by atoms with Crippen LogP contribution < -0.4 is 14.8 Å². The Hall–Kier alpha value is -1.69. The number of nitrogens with one attached hydrogen (secondary N) is 2. The number of anilines is 1. The zero-order chi connectivity index (χ0) is 14.4. The number of aromatic amines is 1. The lowest BCUT2D eigenvalue weighted by Gasteiger charge is -2.14. The summed E-state index contributed by atoms with van der Waals surface area (Å²) in [5, 5.41) is 9.93. The number of benzene rings is 1. The van der Waals surface area contributed by atoms with E-state index in [0.29, 0.717) is 13.2 Å². The SMILES string of the molecule is CCCOc1c(Br)cc(CNc2cn[nH]c2)cc1OC. The van der Waals surface area contributed by atoms with Gasteiger partial charge in [-0.3, -0.25) is 5.10 Å². The zero-order valence-electron chi connectivity index (χ0n) is 11.6. The van der Waals surface area contributed by atoms with Gasteiger partial charge in [0.2, 0.25) is 0 Å². The van der Waals surface area contributed by atoms with E-state index in [1.165, 1.54) is 0 Å². The van der Waals surface area contributed by atoms with Crippen molar-refractivity contribution in [3.63, 3.8) is 0 Å². The van der Waals surface area contributed by atoms with Gasteiger partial charge in [0.05, 0.1) is 30.1 Å². The first-order chi connectivity index (χ1) is 9.74. The van der Waals surface area contributed by atoms with E-state index in [9.17, 15) is 0 Å². The summed E-state index contributed by atoms with van der Waals surface area (Å²) >= 11 is 3.54. The second kappa shape index (κ2) is 7.19. The molecule has 5 nitrogen and oxygen atoms in total. The molecule has 0 aliphatic carbocycles. The van der Waals surface area contributed by atoms with Crippen LogP contribution in [0.3, 0.4) is 0 Å². The molecule has 0 aliphatic heterocycles. The zero-order valence-corrected chi connectivity index (χ0v) is 13.2. The molecule has 0 saturated carbocycles. The monoisotopic (exact) mass is 339 g/mol. The predicted octanol–water partition coefficient (Wildman–Crippen LogP) is 3.58. The van der Waals surface area contributed by atoms with Gasteiger partial charge in [-0.05, 0) is 40.0 Å². The van der Waals surface area contributed by atoms with Crippen LogP contribution in [0.5, 0.6) is 11.5 Å². The fourth-order valence-electron chi connectivity index (χ4n) is 1.77. The molecule has 0 amide bonds. The van der Waals surface area contributed by atoms with Crippen molar-refractivity contribution in [3.8, 4) is 11.5 Å². The summed E-state index contributed by atoms with van der Waals surface area (Å²) in [5.74, 6) is 1.48. The minimum atomic E-state index is 0.668. The average molecular weight is 340 g/mol. The van der Waals surface area contributed by atoms with Crippen molar-refractivity contribution in [2.45, 2.75) is 19.9 Å². The van der Waals surface area contributed by atoms with E-state index in [1.54, 1.807) is 13.3 Å². The Labute approximate surface area is 126 Å². The molecule has 0 unspecified atom stereocenters. The van der Waals surface area contributed by atoms with Gasteiger partial charge in [0.1, 0.15) is 0 Å². The van der Waals surface area contributed by atoms with E-state index in [1.807, 2.05) is 18.3 Å². The molecule has 0 spiro atoms. The van der Waals surface area contributed by atoms with Crippen LogP contribution in [-0.2, 0) is 6.54 Å². The van der Waals surface area contributed by atoms with Crippen LogP contribution in [0, 0.1) is 0 Å². The second-order valence-corrected chi connectivity index (χ2v) is 5.15. The van der Waals surface area contributed by atoms with Gasteiger partial charge in [-0.2, -0.15) is 5.10 Å². The van der Waals surface area contributed by atoms with Gasteiger partial charge >= 0.3 is 0 Å². The normalized spacial score (nSPS) is 10.3. The standard InChI is InChI=1S/C14H18BrN3O2/c1-3-4-20-14-12(15)5-10(6-13(14)19-2)7-16-11-8-17-18-9-11/h5-6,8-9,16H,3-4,7H2,1-2H3,(H,17,18). The van der Waals surface area contributed by atoms with Crippen LogP contribution in [0.15, 0.2) is 29.0 Å². The number of nitrogens with zero attached hydrogens (tertiary/aromatic N) is 1. The first-order valence-corrected chi connectivity index (χ1v) is 7.25. The van der Waals surface area contributed by atoms with E-state index in [2.05, 4.69) is 38.4 Å². The van der Waals surface area contributed by atoms with Gasteiger partial charge in [-0.1, -0.05) is 6.92 Å². The fraction of sp³-hybridized carbons (Fsp3) is 0.357. The average Bonchev–Trinajstić information content (AvgIpc) is 2.96. The lowest BCUT2D eigenvalue weighted by molar-refractivity contribution is 0.292. The maximum Gasteiger partial charge on any atom is 0.175 e. The van der Waals surface area contributed by atoms with Crippen molar-refractivity contribution in [2.75, 3.05) is 19.0 Å². The molecule has 0 saturated heterocycles. The number of hydrogen-bond donors (Lipinski definition) is 2. The summed E-state index contributed by atoms with van der Waals surface area (Å²) in [7, 11) is 1.65. The third kappa shape index (κ3) is 3.66. The summed E-state index contributed by atoms with van der Waals surface area (Å²) in [6.45, 7) is 3.42. The quantitative estimate of drug-likeness (QED) is 0.809. The Morgan fingerprint density at radius 3 is 2.90 bits per heavy atom. The molecule has 2 rings (SSSR count).